The Kier molecular flexibility index (Phi) is 4.03. The number of nitrogens with one attached hydrogen (secondary N) is 1. The first-order valence-electron chi connectivity index (χ1n) is 6.65. The van der Waals surface area contributed by atoms with E-state index in [-0.39, 0.29) is 10.6 Å². The lowest BCUT2D eigenvalue weighted by Gasteiger charge is -2.10. The number of hydrogen-bond acceptors (Lipinski definition) is 4. The molecule has 8 heteroatoms. The first-order valence-corrected chi connectivity index (χ1v) is 7.03. The lowest BCUT2D eigenvalue weighted by Crippen LogP contribution is -2.14. The van der Waals surface area contributed by atoms with Crippen LogP contribution in [0.5, 0.6) is 0 Å². The minimum atomic E-state index is -0.669. The van der Waals surface area contributed by atoms with Crippen LogP contribution in [0.1, 0.15) is 15.9 Å². The second kappa shape index (κ2) is 6.13. The predicted octanol–water partition coefficient (Wildman–Crippen LogP) is 3.02. The second-order valence-corrected chi connectivity index (χ2v) is 5.27. The molecule has 0 bridgehead atoms. The van der Waals surface area contributed by atoms with E-state index in [0.717, 1.165) is 17.3 Å². The Morgan fingerprint density at radius 1 is 1.26 bits per heavy atom. The maximum atomic E-state index is 13.8. The van der Waals surface area contributed by atoms with Gasteiger partial charge in [-0.15, -0.1) is 5.10 Å². The first-order chi connectivity index (χ1) is 11.0. The van der Waals surface area contributed by atoms with Gasteiger partial charge in [-0.2, -0.15) is 0 Å². The summed E-state index contributed by atoms with van der Waals surface area (Å²) in [5.74, 6) is -1.22. The zero-order chi connectivity index (χ0) is 16.4. The van der Waals surface area contributed by atoms with E-state index >= 15 is 0 Å². The Hall–Kier alpha value is -2.80. The number of rotatable bonds is 3. The smallest absolute Gasteiger partial charge is 0.258 e. The Morgan fingerprint density at radius 3 is 2.74 bits per heavy atom. The summed E-state index contributed by atoms with van der Waals surface area (Å²) in [6, 6.07) is 9.11. The number of halogens is 2. The number of aryl methyl sites for hydroxylation is 1. The van der Waals surface area contributed by atoms with E-state index in [1.54, 1.807) is 18.2 Å². The van der Waals surface area contributed by atoms with Crippen LogP contribution in [0.2, 0.25) is 5.02 Å². The number of benzene rings is 2. The number of aromatic nitrogens is 4. The molecule has 1 heterocycles. The van der Waals surface area contributed by atoms with Crippen molar-refractivity contribution in [2.45, 2.75) is 6.92 Å². The maximum Gasteiger partial charge on any atom is 0.258 e. The summed E-state index contributed by atoms with van der Waals surface area (Å²) >= 11 is 5.68. The number of anilines is 1. The standard InChI is InChI=1S/C15H11ClFN5O/c1-9-6-11(3-5-14(9)22-8-18-20-21-22)19-15(23)12-4-2-10(16)7-13(12)17/h2-8H,1H3,(H,19,23). The van der Waals surface area contributed by atoms with Crippen LogP contribution in [0.15, 0.2) is 42.7 Å². The van der Waals surface area contributed by atoms with Crippen molar-refractivity contribution >= 4 is 23.2 Å². The van der Waals surface area contributed by atoms with E-state index in [2.05, 4.69) is 20.8 Å². The summed E-state index contributed by atoms with van der Waals surface area (Å²) in [7, 11) is 0. The highest BCUT2D eigenvalue weighted by molar-refractivity contribution is 6.30. The van der Waals surface area contributed by atoms with E-state index in [0.29, 0.717) is 5.69 Å². The number of nitrogens with zero attached hydrogens (tertiary/aromatic N) is 4. The summed E-state index contributed by atoms with van der Waals surface area (Å²) < 4.78 is 15.3. The van der Waals surface area contributed by atoms with E-state index in [1.807, 2.05) is 6.92 Å². The molecule has 1 aromatic heterocycles. The highest BCUT2D eigenvalue weighted by atomic mass is 35.5. The molecule has 0 aliphatic rings. The lowest BCUT2D eigenvalue weighted by atomic mass is 10.1. The quantitative estimate of drug-likeness (QED) is 0.800. The van der Waals surface area contributed by atoms with Crippen molar-refractivity contribution in [2.75, 3.05) is 5.32 Å². The number of carbonyl (C=O) groups is 1. The largest absolute Gasteiger partial charge is 0.322 e. The van der Waals surface area contributed by atoms with Gasteiger partial charge in [-0.3, -0.25) is 4.79 Å². The molecular weight excluding hydrogens is 321 g/mol. The van der Waals surface area contributed by atoms with E-state index in [4.69, 9.17) is 11.6 Å². The van der Waals surface area contributed by atoms with Crippen LogP contribution in [0, 0.1) is 12.7 Å². The van der Waals surface area contributed by atoms with Crippen LogP contribution in [-0.4, -0.2) is 26.1 Å². The Balaban J connectivity index is 1.83. The molecule has 0 fully saturated rings. The Bertz CT molecular complexity index is 866. The van der Waals surface area contributed by atoms with Crippen LogP contribution < -0.4 is 5.32 Å². The molecule has 3 rings (SSSR count). The van der Waals surface area contributed by atoms with Gasteiger partial charge in [0.05, 0.1) is 11.3 Å². The molecular formula is C15H11ClFN5O. The van der Waals surface area contributed by atoms with E-state index in [1.165, 1.54) is 23.1 Å². The molecule has 0 saturated carbocycles. The normalized spacial score (nSPS) is 10.6. The van der Waals surface area contributed by atoms with Crippen LogP contribution in [-0.2, 0) is 0 Å². The average molecular weight is 332 g/mol. The molecule has 23 heavy (non-hydrogen) atoms. The van der Waals surface area contributed by atoms with Crippen LogP contribution in [0.4, 0.5) is 10.1 Å². The fraction of sp³-hybridized carbons (Fsp3) is 0.0667. The molecule has 1 amide bonds. The molecule has 2 aromatic carbocycles. The fourth-order valence-electron chi connectivity index (χ4n) is 2.13. The number of hydrogen-bond donors (Lipinski definition) is 1. The Morgan fingerprint density at radius 2 is 2.09 bits per heavy atom. The molecule has 0 unspecified atom stereocenters. The van der Waals surface area contributed by atoms with Crippen molar-refractivity contribution in [3.05, 3.63) is 64.7 Å². The molecule has 0 aliphatic carbocycles. The van der Waals surface area contributed by atoms with E-state index < -0.39 is 11.7 Å². The summed E-state index contributed by atoms with van der Waals surface area (Å²) in [5, 5.41) is 13.9. The molecule has 116 valence electrons. The van der Waals surface area contributed by atoms with Crippen molar-refractivity contribution in [1.82, 2.24) is 20.2 Å². The lowest BCUT2D eigenvalue weighted by molar-refractivity contribution is 0.102. The van der Waals surface area contributed by atoms with Crippen molar-refractivity contribution < 1.29 is 9.18 Å². The monoisotopic (exact) mass is 331 g/mol. The molecule has 1 N–H and O–H groups in total. The molecule has 3 aromatic rings. The Labute approximate surface area is 135 Å². The van der Waals surface area contributed by atoms with E-state index in [9.17, 15) is 9.18 Å². The van der Waals surface area contributed by atoms with Crippen LogP contribution in [0.25, 0.3) is 5.69 Å². The summed E-state index contributed by atoms with van der Waals surface area (Å²) in [4.78, 5) is 12.1. The van der Waals surface area contributed by atoms with Gasteiger partial charge in [0.25, 0.3) is 5.91 Å². The third-order valence-electron chi connectivity index (χ3n) is 3.23. The molecule has 6 nitrogen and oxygen atoms in total. The summed E-state index contributed by atoms with van der Waals surface area (Å²) in [6.07, 6.45) is 1.48. The van der Waals surface area contributed by atoms with Crippen LogP contribution in [0.3, 0.4) is 0 Å². The number of carbonyl (C=O) groups excluding carboxylic acids is 1. The van der Waals surface area contributed by atoms with Crippen molar-refractivity contribution in [1.29, 1.82) is 0 Å². The molecule has 0 spiro atoms. The fourth-order valence-corrected chi connectivity index (χ4v) is 2.29. The minimum Gasteiger partial charge on any atom is -0.322 e. The zero-order valence-electron chi connectivity index (χ0n) is 12.0. The van der Waals surface area contributed by atoms with Gasteiger partial charge in [-0.25, -0.2) is 9.07 Å². The molecule has 0 atom stereocenters. The average Bonchev–Trinajstić information content (AvgIpc) is 3.01. The van der Waals surface area contributed by atoms with Gasteiger partial charge in [0.1, 0.15) is 12.1 Å². The summed E-state index contributed by atoms with van der Waals surface area (Å²) in [6.45, 7) is 1.86. The van der Waals surface area contributed by atoms with Crippen molar-refractivity contribution in [3.8, 4) is 5.69 Å². The van der Waals surface area contributed by atoms with Gasteiger partial charge in [0.2, 0.25) is 0 Å². The highest BCUT2D eigenvalue weighted by Gasteiger charge is 2.13. The highest BCUT2D eigenvalue weighted by Crippen LogP contribution is 2.20. The van der Waals surface area contributed by atoms with Gasteiger partial charge in [0.15, 0.2) is 0 Å². The minimum absolute atomic E-state index is 0.0726. The topological polar surface area (TPSA) is 72.7 Å². The number of tetrazole rings is 1. The third-order valence-corrected chi connectivity index (χ3v) is 3.46. The first kappa shape index (κ1) is 15.1. The predicted molar refractivity (Wildman–Crippen MR) is 83.3 cm³/mol. The van der Waals surface area contributed by atoms with Gasteiger partial charge < -0.3 is 5.32 Å². The SMILES string of the molecule is Cc1cc(NC(=O)c2ccc(Cl)cc2F)ccc1-n1cnnn1. The molecule has 0 radical (unpaired) electrons. The maximum absolute atomic E-state index is 13.8. The molecule has 0 saturated heterocycles. The van der Waals surface area contributed by atoms with Gasteiger partial charge in [-0.1, -0.05) is 11.6 Å². The summed E-state index contributed by atoms with van der Waals surface area (Å²) in [5.41, 5.74) is 2.10. The number of amides is 1. The third kappa shape index (κ3) is 3.19. The van der Waals surface area contributed by atoms with Crippen molar-refractivity contribution in [2.24, 2.45) is 0 Å². The van der Waals surface area contributed by atoms with Gasteiger partial charge in [0, 0.05) is 10.7 Å². The second-order valence-electron chi connectivity index (χ2n) is 4.83. The van der Waals surface area contributed by atoms with Crippen LogP contribution >= 0.6 is 11.6 Å². The molecule has 0 aliphatic heterocycles. The van der Waals surface area contributed by atoms with Crippen molar-refractivity contribution in [3.63, 3.8) is 0 Å². The van der Waals surface area contributed by atoms with Gasteiger partial charge in [-0.05, 0) is 59.3 Å². The van der Waals surface area contributed by atoms with Gasteiger partial charge >= 0.3 is 0 Å². The zero-order valence-corrected chi connectivity index (χ0v) is 12.8.